The summed E-state index contributed by atoms with van der Waals surface area (Å²) >= 11 is 0. The number of rotatable bonds is 13. The lowest BCUT2D eigenvalue weighted by atomic mass is 10.1. The maximum atomic E-state index is 12.0. The SMILES string of the molecule is CCCCCCCCCCCCc1cc(CC(=O)n2ccnc2)on1. The van der Waals surface area contributed by atoms with Crippen LogP contribution < -0.4 is 0 Å². The van der Waals surface area contributed by atoms with Crippen LogP contribution in [0, 0.1) is 0 Å². The van der Waals surface area contributed by atoms with E-state index >= 15 is 0 Å². The van der Waals surface area contributed by atoms with Crippen LogP contribution in [0.25, 0.3) is 0 Å². The summed E-state index contributed by atoms with van der Waals surface area (Å²) in [6, 6.07) is 1.91. The second-order valence-corrected chi connectivity index (χ2v) is 6.76. The zero-order valence-electron chi connectivity index (χ0n) is 15.5. The van der Waals surface area contributed by atoms with Crippen molar-refractivity contribution in [2.24, 2.45) is 0 Å². The first-order valence-corrected chi connectivity index (χ1v) is 9.75. The maximum absolute atomic E-state index is 12.0. The summed E-state index contributed by atoms with van der Waals surface area (Å²) in [6.45, 7) is 2.26. The molecule has 2 aromatic rings. The zero-order chi connectivity index (χ0) is 17.7. The van der Waals surface area contributed by atoms with Crippen molar-refractivity contribution in [1.82, 2.24) is 14.7 Å². The Labute approximate surface area is 150 Å². The van der Waals surface area contributed by atoms with Crippen LogP contribution in [0.3, 0.4) is 0 Å². The fraction of sp³-hybridized carbons (Fsp3) is 0.650. The first kappa shape index (κ1) is 19.4. The highest BCUT2D eigenvalue weighted by Crippen LogP contribution is 2.13. The molecule has 0 fully saturated rings. The Bertz CT molecular complexity index is 590. The summed E-state index contributed by atoms with van der Waals surface area (Å²) in [5.74, 6) is 0.569. The largest absolute Gasteiger partial charge is 0.361 e. The van der Waals surface area contributed by atoms with Crippen molar-refractivity contribution in [1.29, 1.82) is 0 Å². The molecule has 25 heavy (non-hydrogen) atoms. The molecule has 0 atom stereocenters. The van der Waals surface area contributed by atoms with Crippen LogP contribution in [0.4, 0.5) is 0 Å². The van der Waals surface area contributed by atoms with Gasteiger partial charge in [-0.1, -0.05) is 69.9 Å². The normalized spacial score (nSPS) is 11.1. The smallest absolute Gasteiger partial charge is 0.239 e. The van der Waals surface area contributed by atoms with Gasteiger partial charge in [0.25, 0.3) is 0 Å². The number of hydrogen-bond acceptors (Lipinski definition) is 4. The van der Waals surface area contributed by atoms with Gasteiger partial charge in [0.1, 0.15) is 12.1 Å². The van der Waals surface area contributed by atoms with Crippen LogP contribution in [0.5, 0.6) is 0 Å². The van der Waals surface area contributed by atoms with Crippen molar-refractivity contribution in [3.05, 3.63) is 36.2 Å². The minimum atomic E-state index is -0.0564. The monoisotopic (exact) mass is 345 g/mol. The number of aryl methyl sites for hydroxylation is 1. The van der Waals surface area contributed by atoms with Crippen molar-refractivity contribution >= 4 is 5.91 Å². The van der Waals surface area contributed by atoms with E-state index in [2.05, 4.69) is 17.1 Å². The number of hydrogen-bond donors (Lipinski definition) is 0. The van der Waals surface area contributed by atoms with Gasteiger partial charge >= 0.3 is 0 Å². The van der Waals surface area contributed by atoms with Crippen LogP contribution in [0.15, 0.2) is 29.3 Å². The summed E-state index contributed by atoms with van der Waals surface area (Å²) in [4.78, 5) is 15.8. The third-order valence-corrected chi connectivity index (χ3v) is 4.51. The predicted molar refractivity (Wildman–Crippen MR) is 98.6 cm³/mol. The van der Waals surface area contributed by atoms with Crippen LogP contribution in [-0.4, -0.2) is 20.6 Å². The van der Waals surface area contributed by atoms with Gasteiger partial charge in [0.15, 0.2) is 0 Å². The van der Waals surface area contributed by atoms with Crippen molar-refractivity contribution in [3.8, 4) is 0 Å². The highest BCUT2D eigenvalue weighted by molar-refractivity contribution is 5.80. The zero-order valence-corrected chi connectivity index (χ0v) is 15.5. The van der Waals surface area contributed by atoms with E-state index in [0.717, 1.165) is 18.5 Å². The van der Waals surface area contributed by atoms with Crippen LogP contribution in [0.2, 0.25) is 0 Å². The number of nitrogens with zero attached hydrogens (tertiary/aromatic N) is 3. The molecule has 0 aliphatic carbocycles. The molecule has 0 bridgehead atoms. The molecule has 0 aliphatic heterocycles. The van der Waals surface area contributed by atoms with Gasteiger partial charge in [-0.05, 0) is 12.8 Å². The fourth-order valence-electron chi connectivity index (χ4n) is 3.00. The topological polar surface area (TPSA) is 60.9 Å². The van der Waals surface area contributed by atoms with Gasteiger partial charge in [0.05, 0.1) is 12.1 Å². The van der Waals surface area contributed by atoms with Gasteiger partial charge in [0, 0.05) is 18.5 Å². The summed E-state index contributed by atoms with van der Waals surface area (Å²) < 4.78 is 6.73. The number of imidazole rings is 1. The van der Waals surface area contributed by atoms with E-state index in [1.807, 2.05) is 6.07 Å². The lowest BCUT2D eigenvalue weighted by molar-refractivity contribution is 0.0905. The lowest BCUT2D eigenvalue weighted by Crippen LogP contribution is -2.10. The van der Waals surface area contributed by atoms with Crippen molar-refractivity contribution in [3.63, 3.8) is 0 Å². The van der Waals surface area contributed by atoms with Gasteiger partial charge in [-0.2, -0.15) is 0 Å². The summed E-state index contributed by atoms with van der Waals surface area (Å²) in [7, 11) is 0. The average Bonchev–Trinajstić information content (AvgIpc) is 3.28. The van der Waals surface area contributed by atoms with Crippen molar-refractivity contribution < 1.29 is 9.32 Å². The number of aromatic nitrogens is 3. The third-order valence-electron chi connectivity index (χ3n) is 4.51. The van der Waals surface area contributed by atoms with E-state index in [-0.39, 0.29) is 12.3 Å². The summed E-state index contributed by atoms with van der Waals surface area (Å²) in [5, 5.41) is 4.07. The molecule has 0 spiro atoms. The fourth-order valence-corrected chi connectivity index (χ4v) is 3.00. The van der Waals surface area contributed by atoms with Gasteiger partial charge in [0.2, 0.25) is 5.91 Å². The Morgan fingerprint density at radius 3 is 2.36 bits per heavy atom. The van der Waals surface area contributed by atoms with Crippen molar-refractivity contribution in [2.75, 3.05) is 0 Å². The summed E-state index contributed by atoms with van der Waals surface area (Å²) in [5.41, 5.74) is 0.952. The Hall–Kier alpha value is -1.91. The average molecular weight is 345 g/mol. The molecule has 0 saturated carbocycles. The number of carbonyl (C=O) groups excluding carboxylic acids is 1. The molecule has 0 aliphatic rings. The molecule has 2 rings (SSSR count). The molecule has 5 nitrogen and oxygen atoms in total. The maximum Gasteiger partial charge on any atom is 0.239 e. The predicted octanol–water partition coefficient (Wildman–Crippen LogP) is 5.22. The van der Waals surface area contributed by atoms with E-state index in [9.17, 15) is 4.79 Å². The highest BCUT2D eigenvalue weighted by Gasteiger charge is 2.10. The van der Waals surface area contributed by atoms with Crippen LogP contribution in [-0.2, 0) is 12.8 Å². The highest BCUT2D eigenvalue weighted by atomic mass is 16.5. The molecule has 0 saturated heterocycles. The second-order valence-electron chi connectivity index (χ2n) is 6.76. The summed E-state index contributed by atoms with van der Waals surface area (Å²) in [6.07, 6.45) is 19.2. The van der Waals surface area contributed by atoms with Gasteiger partial charge in [-0.25, -0.2) is 4.98 Å². The third kappa shape index (κ3) is 7.67. The molecule has 2 heterocycles. The Kier molecular flexibility index (Phi) is 9.02. The van der Waals surface area contributed by atoms with E-state index in [1.54, 1.807) is 12.4 Å². The molecule has 0 unspecified atom stereocenters. The lowest BCUT2D eigenvalue weighted by Gasteiger charge is -2.01. The Morgan fingerprint density at radius 1 is 1.04 bits per heavy atom. The minimum absolute atomic E-state index is 0.0564. The Morgan fingerprint density at radius 2 is 1.72 bits per heavy atom. The van der Waals surface area contributed by atoms with Gasteiger partial charge in [-0.3, -0.25) is 9.36 Å². The molecule has 0 aromatic carbocycles. The van der Waals surface area contributed by atoms with Crippen LogP contribution in [0.1, 0.15) is 87.4 Å². The molecule has 0 radical (unpaired) electrons. The first-order chi connectivity index (χ1) is 12.3. The van der Waals surface area contributed by atoms with Gasteiger partial charge in [-0.15, -0.1) is 0 Å². The van der Waals surface area contributed by atoms with Crippen LogP contribution >= 0.6 is 0 Å². The number of unbranched alkanes of at least 4 members (excludes halogenated alkanes) is 9. The van der Waals surface area contributed by atoms with E-state index in [4.69, 9.17) is 4.52 Å². The van der Waals surface area contributed by atoms with E-state index in [1.165, 1.54) is 68.7 Å². The quantitative estimate of drug-likeness (QED) is 0.467. The molecule has 0 amide bonds. The molecule has 0 N–H and O–H groups in total. The van der Waals surface area contributed by atoms with Gasteiger partial charge < -0.3 is 4.52 Å². The number of carbonyl (C=O) groups is 1. The standard InChI is InChI=1S/C20H31N3O2/c1-2-3-4-5-6-7-8-9-10-11-12-18-15-19(25-22-18)16-20(24)23-14-13-21-17-23/h13-15,17H,2-12,16H2,1H3. The second kappa shape index (κ2) is 11.6. The molecule has 2 aromatic heterocycles. The molecular weight excluding hydrogens is 314 g/mol. The van der Waals surface area contributed by atoms with E-state index in [0.29, 0.717) is 5.76 Å². The van der Waals surface area contributed by atoms with E-state index < -0.39 is 0 Å². The van der Waals surface area contributed by atoms with Crippen molar-refractivity contribution in [2.45, 2.75) is 84.0 Å². The molecular formula is C20H31N3O2. The Balaban J connectivity index is 1.52. The first-order valence-electron chi connectivity index (χ1n) is 9.75. The molecule has 5 heteroatoms. The molecule has 138 valence electrons. The minimum Gasteiger partial charge on any atom is -0.361 e.